The number of rotatable bonds is 6. The lowest BCUT2D eigenvalue weighted by Gasteiger charge is -2.29. The van der Waals surface area contributed by atoms with Crippen LogP contribution in [0.1, 0.15) is 40.5 Å². The van der Waals surface area contributed by atoms with Crippen LogP contribution in [0.5, 0.6) is 0 Å². The van der Waals surface area contributed by atoms with Crippen molar-refractivity contribution in [3.63, 3.8) is 0 Å². The second-order valence-corrected chi connectivity index (χ2v) is 6.08. The molecule has 1 fully saturated rings. The molecule has 1 heterocycles. The third-order valence-electron chi connectivity index (χ3n) is 3.79. The predicted molar refractivity (Wildman–Crippen MR) is 75.3 cm³/mol. The first-order valence-electron chi connectivity index (χ1n) is 7.09. The zero-order valence-electron chi connectivity index (χ0n) is 12.7. The van der Waals surface area contributed by atoms with Crippen molar-refractivity contribution in [3.8, 4) is 0 Å². The van der Waals surface area contributed by atoms with E-state index in [9.17, 15) is 4.79 Å². The maximum absolute atomic E-state index is 12.4. The average molecular weight is 255 g/mol. The minimum Gasteiger partial charge on any atom is -0.324 e. The number of likely N-dealkylation sites (N-methyl/N-ethyl adjacent to an activating group) is 1. The van der Waals surface area contributed by atoms with Crippen LogP contribution in [0.4, 0.5) is 0 Å². The Morgan fingerprint density at radius 1 is 1.33 bits per heavy atom. The smallest absolute Gasteiger partial charge is 0.241 e. The minimum absolute atomic E-state index is 0.0179. The van der Waals surface area contributed by atoms with Crippen LogP contribution in [0.15, 0.2) is 0 Å². The van der Waals surface area contributed by atoms with Gasteiger partial charge in [0.2, 0.25) is 5.91 Å². The van der Waals surface area contributed by atoms with Gasteiger partial charge in [-0.3, -0.25) is 10.1 Å². The van der Waals surface area contributed by atoms with Crippen LogP contribution in [-0.4, -0.2) is 54.6 Å². The largest absolute Gasteiger partial charge is 0.324 e. The predicted octanol–water partition coefficient (Wildman–Crippen LogP) is 1.52. The van der Waals surface area contributed by atoms with Crippen LogP contribution < -0.4 is 5.32 Å². The third kappa shape index (κ3) is 3.69. The Hall–Kier alpha value is -0.610. The lowest BCUT2D eigenvalue weighted by Crippen LogP contribution is -2.44. The Labute approximate surface area is 112 Å². The monoisotopic (exact) mass is 255 g/mol. The fourth-order valence-corrected chi connectivity index (χ4v) is 2.39. The van der Waals surface area contributed by atoms with Crippen molar-refractivity contribution in [2.75, 3.05) is 20.6 Å². The van der Waals surface area contributed by atoms with Crippen LogP contribution >= 0.6 is 0 Å². The van der Waals surface area contributed by atoms with Crippen LogP contribution in [0.2, 0.25) is 0 Å². The number of carbonyl (C=O) groups is 1. The summed E-state index contributed by atoms with van der Waals surface area (Å²) in [5.74, 6) is 0.833. The minimum atomic E-state index is 0.0179. The molecule has 1 amide bonds. The van der Waals surface area contributed by atoms with Gasteiger partial charge in [-0.2, -0.15) is 0 Å². The molecule has 0 aromatic carbocycles. The van der Waals surface area contributed by atoms with Crippen molar-refractivity contribution in [1.82, 2.24) is 15.1 Å². The van der Waals surface area contributed by atoms with E-state index < -0.39 is 0 Å². The molecule has 0 aliphatic carbocycles. The second-order valence-electron chi connectivity index (χ2n) is 6.08. The summed E-state index contributed by atoms with van der Waals surface area (Å²) in [6.07, 6.45) is 2.12. The summed E-state index contributed by atoms with van der Waals surface area (Å²) in [5.41, 5.74) is 0. The lowest BCUT2D eigenvalue weighted by atomic mass is 10.0. The van der Waals surface area contributed by atoms with E-state index in [2.05, 4.69) is 52.0 Å². The van der Waals surface area contributed by atoms with Crippen molar-refractivity contribution < 1.29 is 4.79 Å². The molecule has 0 spiro atoms. The van der Waals surface area contributed by atoms with Crippen molar-refractivity contribution in [2.45, 2.75) is 58.8 Å². The molecular weight excluding hydrogens is 226 g/mol. The Kier molecular flexibility index (Phi) is 5.60. The van der Waals surface area contributed by atoms with Gasteiger partial charge in [-0.05, 0) is 39.8 Å². The molecule has 4 nitrogen and oxygen atoms in total. The highest BCUT2D eigenvalue weighted by atomic mass is 16.2. The molecule has 106 valence electrons. The van der Waals surface area contributed by atoms with Gasteiger partial charge in [0.05, 0.1) is 12.2 Å². The highest BCUT2D eigenvalue weighted by Crippen LogP contribution is 2.19. The maximum Gasteiger partial charge on any atom is 0.241 e. The highest BCUT2D eigenvalue weighted by Gasteiger charge is 2.38. The fraction of sp³-hybridized carbons (Fsp3) is 0.929. The van der Waals surface area contributed by atoms with E-state index in [1.165, 1.54) is 0 Å². The number of amides is 1. The lowest BCUT2D eigenvalue weighted by molar-refractivity contribution is -0.131. The number of nitrogens with one attached hydrogen (secondary N) is 1. The molecule has 3 unspecified atom stereocenters. The summed E-state index contributed by atoms with van der Waals surface area (Å²) in [6.45, 7) is 9.44. The molecule has 18 heavy (non-hydrogen) atoms. The maximum atomic E-state index is 12.4. The molecule has 1 aliphatic rings. The van der Waals surface area contributed by atoms with Crippen LogP contribution in [0.3, 0.4) is 0 Å². The third-order valence-corrected chi connectivity index (χ3v) is 3.79. The Balaban J connectivity index is 2.67. The Morgan fingerprint density at radius 3 is 2.39 bits per heavy atom. The van der Waals surface area contributed by atoms with Gasteiger partial charge in [0.15, 0.2) is 0 Å². The molecular formula is C14H29N3O. The van der Waals surface area contributed by atoms with Gasteiger partial charge in [-0.15, -0.1) is 0 Å². The topological polar surface area (TPSA) is 35.6 Å². The second kappa shape index (κ2) is 6.53. The molecule has 0 saturated carbocycles. The summed E-state index contributed by atoms with van der Waals surface area (Å²) in [7, 11) is 4.12. The summed E-state index contributed by atoms with van der Waals surface area (Å²) in [6, 6.07) is 0.409. The number of nitrogens with zero attached hydrogens (tertiary/aromatic N) is 2. The van der Waals surface area contributed by atoms with E-state index in [0.29, 0.717) is 12.0 Å². The zero-order chi connectivity index (χ0) is 13.9. The van der Waals surface area contributed by atoms with Crippen LogP contribution in [0, 0.1) is 5.92 Å². The molecule has 0 aromatic rings. The molecule has 1 rings (SSSR count). The van der Waals surface area contributed by atoms with Crippen molar-refractivity contribution in [3.05, 3.63) is 0 Å². The van der Waals surface area contributed by atoms with Gasteiger partial charge >= 0.3 is 0 Å². The first kappa shape index (κ1) is 15.4. The van der Waals surface area contributed by atoms with E-state index in [1.54, 1.807) is 0 Å². The van der Waals surface area contributed by atoms with E-state index >= 15 is 0 Å². The molecule has 0 radical (unpaired) electrons. The summed E-state index contributed by atoms with van der Waals surface area (Å²) in [4.78, 5) is 16.6. The SMILES string of the molecule is CCC1NC(CC(C)C)C(=O)N1CC(C)N(C)C. The number of hydrogen-bond donors (Lipinski definition) is 1. The molecule has 1 N–H and O–H groups in total. The standard InChI is InChI=1S/C14H29N3O/c1-7-13-15-12(8-10(2)3)14(18)17(13)9-11(4)16(5)6/h10-13,15H,7-9H2,1-6H3. The van der Waals surface area contributed by atoms with Gasteiger partial charge in [-0.1, -0.05) is 20.8 Å². The first-order chi connectivity index (χ1) is 8.36. The molecule has 0 aromatic heterocycles. The summed E-state index contributed by atoms with van der Waals surface area (Å²) >= 11 is 0. The van der Waals surface area contributed by atoms with Crippen molar-refractivity contribution in [1.29, 1.82) is 0 Å². The first-order valence-corrected chi connectivity index (χ1v) is 7.09. The Bertz CT molecular complexity index is 278. The zero-order valence-corrected chi connectivity index (χ0v) is 12.7. The molecule has 0 bridgehead atoms. The van der Waals surface area contributed by atoms with Crippen LogP contribution in [-0.2, 0) is 4.79 Å². The summed E-state index contributed by atoms with van der Waals surface area (Å²) in [5, 5.41) is 3.47. The number of hydrogen-bond acceptors (Lipinski definition) is 3. The van der Waals surface area contributed by atoms with Crippen molar-refractivity contribution in [2.24, 2.45) is 5.92 Å². The quantitative estimate of drug-likeness (QED) is 0.781. The fourth-order valence-electron chi connectivity index (χ4n) is 2.39. The molecule has 1 aliphatic heterocycles. The van der Waals surface area contributed by atoms with Gasteiger partial charge in [0, 0.05) is 12.6 Å². The molecule has 1 saturated heterocycles. The van der Waals surface area contributed by atoms with E-state index in [0.717, 1.165) is 19.4 Å². The van der Waals surface area contributed by atoms with Gasteiger partial charge in [0.25, 0.3) is 0 Å². The van der Waals surface area contributed by atoms with Gasteiger partial charge < -0.3 is 9.80 Å². The van der Waals surface area contributed by atoms with Crippen molar-refractivity contribution >= 4 is 5.91 Å². The highest BCUT2D eigenvalue weighted by molar-refractivity contribution is 5.84. The average Bonchev–Trinajstić information content (AvgIpc) is 2.56. The van der Waals surface area contributed by atoms with Gasteiger partial charge in [0.1, 0.15) is 0 Å². The van der Waals surface area contributed by atoms with Gasteiger partial charge in [-0.25, -0.2) is 0 Å². The van der Waals surface area contributed by atoms with Crippen LogP contribution in [0.25, 0.3) is 0 Å². The number of carbonyl (C=O) groups excluding carboxylic acids is 1. The Morgan fingerprint density at radius 2 is 1.94 bits per heavy atom. The van der Waals surface area contributed by atoms with E-state index in [1.807, 2.05) is 4.90 Å². The van der Waals surface area contributed by atoms with E-state index in [4.69, 9.17) is 0 Å². The molecule has 4 heteroatoms. The van der Waals surface area contributed by atoms with E-state index in [-0.39, 0.29) is 18.1 Å². The summed E-state index contributed by atoms with van der Waals surface area (Å²) < 4.78 is 0. The normalized spacial score (nSPS) is 26.4. The molecule has 3 atom stereocenters.